The van der Waals surface area contributed by atoms with Crippen molar-refractivity contribution in [1.29, 1.82) is 0 Å². The first-order chi connectivity index (χ1) is 10.6. The molecule has 6 heteroatoms. The first-order valence-electron chi connectivity index (χ1n) is 7.36. The fraction of sp³-hybridized carbons (Fsp3) is 0.375. The molecule has 116 valence electrons. The molecule has 0 amide bonds. The first-order valence-corrected chi connectivity index (χ1v) is 8.11. The first kappa shape index (κ1) is 15.5. The zero-order valence-electron chi connectivity index (χ0n) is 12.3. The number of hydrogen-bond acceptors (Lipinski definition) is 4. The zero-order chi connectivity index (χ0) is 15.5. The molecule has 1 aromatic carbocycles. The molecule has 1 saturated heterocycles. The summed E-state index contributed by atoms with van der Waals surface area (Å²) in [6.07, 6.45) is 2.58. The van der Waals surface area contributed by atoms with Crippen LogP contribution in [0, 0.1) is 0 Å². The lowest BCUT2D eigenvalue weighted by molar-refractivity contribution is 0.255. The van der Waals surface area contributed by atoms with Crippen molar-refractivity contribution in [1.82, 2.24) is 14.9 Å². The highest BCUT2D eigenvalue weighted by Gasteiger charge is 2.31. The average molecular weight is 337 g/mol. The largest absolute Gasteiger partial charge is 0.364 e. The van der Waals surface area contributed by atoms with Gasteiger partial charge in [-0.25, -0.2) is 4.98 Å². The van der Waals surface area contributed by atoms with Gasteiger partial charge in [0.25, 0.3) is 0 Å². The van der Waals surface area contributed by atoms with Crippen LogP contribution in [0.4, 0.5) is 5.82 Å². The molecule has 0 bridgehead atoms. The van der Waals surface area contributed by atoms with Crippen LogP contribution in [0.5, 0.6) is 0 Å². The van der Waals surface area contributed by atoms with Crippen molar-refractivity contribution >= 4 is 29.0 Å². The fourth-order valence-corrected chi connectivity index (χ4v) is 3.14. The van der Waals surface area contributed by atoms with Crippen LogP contribution in [-0.4, -0.2) is 33.5 Å². The molecule has 0 saturated carbocycles. The molecule has 2 atom stereocenters. The van der Waals surface area contributed by atoms with Gasteiger partial charge in [0.2, 0.25) is 5.28 Å². The summed E-state index contributed by atoms with van der Waals surface area (Å²) in [5.74, 6) is 0.611. The molecular weight excluding hydrogens is 319 g/mol. The Morgan fingerprint density at radius 2 is 2.05 bits per heavy atom. The quantitative estimate of drug-likeness (QED) is 0.860. The van der Waals surface area contributed by atoms with E-state index >= 15 is 0 Å². The van der Waals surface area contributed by atoms with E-state index in [4.69, 9.17) is 23.2 Å². The Hall–Kier alpha value is -1.36. The van der Waals surface area contributed by atoms with E-state index in [9.17, 15) is 0 Å². The van der Waals surface area contributed by atoms with Gasteiger partial charge >= 0.3 is 0 Å². The third kappa shape index (κ3) is 3.51. The Balaban J connectivity index is 1.66. The Bertz CT molecular complexity index is 635. The van der Waals surface area contributed by atoms with Crippen molar-refractivity contribution in [2.45, 2.75) is 32.0 Å². The van der Waals surface area contributed by atoms with E-state index < -0.39 is 0 Å². The van der Waals surface area contributed by atoms with Gasteiger partial charge in [-0.2, -0.15) is 4.98 Å². The van der Waals surface area contributed by atoms with Gasteiger partial charge in [0, 0.05) is 25.2 Å². The molecule has 0 spiro atoms. The summed E-state index contributed by atoms with van der Waals surface area (Å²) in [5, 5.41) is 4.11. The van der Waals surface area contributed by atoms with Crippen molar-refractivity contribution in [3.63, 3.8) is 0 Å². The van der Waals surface area contributed by atoms with Gasteiger partial charge in [0.05, 0.1) is 6.20 Å². The Morgan fingerprint density at radius 1 is 1.27 bits per heavy atom. The van der Waals surface area contributed by atoms with Gasteiger partial charge in [0.1, 0.15) is 10.8 Å². The Labute approximate surface area is 140 Å². The molecule has 4 nitrogen and oxygen atoms in total. The molecule has 0 radical (unpaired) electrons. The SMILES string of the molecule is CC1C(Nc2nc(Cl)ncc2Cl)CCN1Cc1ccccc1. The normalized spacial score (nSPS) is 22.0. The molecule has 22 heavy (non-hydrogen) atoms. The minimum absolute atomic E-state index is 0.207. The molecular formula is C16H18Cl2N4. The second-order valence-electron chi connectivity index (χ2n) is 5.57. The van der Waals surface area contributed by atoms with E-state index in [1.54, 1.807) is 0 Å². The Kier molecular flexibility index (Phi) is 4.81. The highest BCUT2D eigenvalue weighted by molar-refractivity contribution is 6.33. The molecule has 1 N–H and O–H groups in total. The van der Waals surface area contributed by atoms with E-state index in [0.29, 0.717) is 22.9 Å². The van der Waals surface area contributed by atoms with Crippen LogP contribution in [-0.2, 0) is 6.54 Å². The number of rotatable bonds is 4. The molecule has 1 aromatic heterocycles. The summed E-state index contributed by atoms with van der Waals surface area (Å²) in [7, 11) is 0. The summed E-state index contributed by atoms with van der Waals surface area (Å²) in [6.45, 7) is 4.23. The number of nitrogens with one attached hydrogen (secondary N) is 1. The van der Waals surface area contributed by atoms with Crippen LogP contribution >= 0.6 is 23.2 Å². The maximum absolute atomic E-state index is 6.13. The Morgan fingerprint density at radius 3 is 2.82 bits per heavy atom. The van der Waals surface area contributed by atoms with Crippen molar-refractivity contribution in [2.24, 2.45) is 0 Å². The summed E-state index contributed by atoms with van der Waals surface area (Å²) in [6, 6.07) is 11.2. The second-order valence-corrected chi connectivity index (χ2v) is 6.32. The predicted octanol–water partition coefficient (Wildman–Crippen LogP) is 3.86. The van der Waals surface area contributed by atoms with Gasteiger partial charge in [-0.3, -0.25) is 4.90 Å². The molecule has 0 aliphatic carbocycles. The van der Waals surface area contributed by atoms with Crippen LogP contribution in [0.1, 0.15) is 18.9 Å². The molecule has 1 aliphatic rings. The fourth-order valence-electron chi connectivity index (χ4n) is 2.86. The lowest BCUT2D eigenvalue weighted by Gasteiger charge is -2.25. The molecule has 2 aromatic rings. The zero-order valence-corrected chi connectivity index (χ0v) is 13.8. The van der Waals surface area contributed by atoms with Gasteiger partial charge in [-0.15, -0.1) is 0 Å². The summed E-state index contributed by atoms with van der Waals surface area (Å²) in [5.41, 5.74) is 1.33. The van der Waals surface area contributed by atoms with Gasteiger partial charge in [0.15, 0.2) is 0 Å². The molecule has 2 heterocycles. The minimum atomic E-state index is 0.207. The number of hydrogen-bond donors (Lipinski definition) is 1. The lowest BCUT2D eigenvalue weighted by Crippen LogP contribution is -2.36. The van der Waals surface area contributed by atoms with Gasteiger partial charge in [-0.05, 0) is 30.5 Å². The summed E-state index contributed by atoms with van der Waals surface area (Å²) < 4.78 is 0. The van der Waals surface area contributed by atoms with Crippen LogP contribution in [0.15, 0.2) is 36.5 Å². The molecule has 2 unspecified atom stereocenters. The average Bonchev–Trinajstić information content (AvgIpc) is 2.85. The maximum atomic E-state index is 6.13. The van der Waals surface area contributed by atoms with Crippen LogP contribution in [0.2, 0.25) is 10.3 Å². The predicted molar refractivity (Wildman–Crippen MR) is 90.4 cm³/mol. The molecule has 3 rings (SSSR count). The number of aromatic nitrogens is 2. The van der Waals surface area contributed by atoms with E-state index in [-0.39, 0.29) is 5.28 Å². The standard InChI is InChI=1S/C16H18Cl2N4/c1-11-14(20-15-13(17)9-19-16(18)21-15)7-8-22(11)10-12-5-3-2-4-6-12/h2-6,9,11,14H,7-8,10H2,1H3,(H,19,20,21). The highest BCUT2D eigenvalue weighted by Crippen LogP contribution is 2.26. The van der Waals surface area contributed by atoms with Crippen molar-refractivity contribution in [3.05, 3.63) is 52.4 Å². The van der Waals surface area contributed by atoms with Crippen molar-refractivity contribution < 1.29 is 0 Å². The lowest BCUT2D eigenvalue weighted by atomic mass is 10.1. The monoisotopic (exact) mass is 336 g/mol. The van der Waals surface area contributed by atoms with Gasteiger partial charge in [-0.1, -0.05) is 41.9 Å². The number of anilines is 1. The maximum Gasteiger partial charge on any atom is 0.224 e. The topological polar surface area (TPSA) is 41.1 Å². The number of benzene rings is 1. The van der Waals surface area contributed by atoms with Crippen molar-refractivity contribution in [2.75, 3.05) is 11.9 Å². The van der Waals surface area contributed by atoms with E-state index in [0.717, 1.165) is 19.5 Å². The third-order valence-electron chi connectivity index (χ3n) is 4.15. The third-order valence-corrected chi connectivity index (χ3v) is 4.61. The smallest absolute Gasteiger partial charge is 0.224 e. The number of nitrogens with zero attached hydrogens (tertiary/aromatic N) is 3. The number of halogens is 2. The van der Waals surface area contributed by atoms with Crippen LogP contribution < -0.4 is 5.32 Å². The van der Waals surface area contributed by atoms with Crippen molar-refractivity contribution in [3.8, 4) is 0 Å². The minimum Gasteiger partial charge on any atom is -0.364 e. The second kappa shape index (κ2) is 6.82. The van der Waals surface area contributed by atoms with E-state index in [1.165, 1.54) is 11.8 Å². The molecule has 1 fully saturated rings. The van der Waals surface area contributed by atoms with E-state index in [1.807, 2.05) is 6.07 Å². The summed E-state index contributed by atoms with van der Waals surface area (Å²) in [4.78, 5) is 10.5. The highest BCUT2D eigenvalue weighted by atomic mass is 35.5. The van der Waals surface area contributed by atoms with Crippen LogP contribution in [0.25, 0.3) is 0 Å². The van der Waals surface area contributed by atoms with Gasteiger partial charge < -0.3 is 5.32 Å². The van der Waals surface area contributed by atoms with Crippen LogP contribution in [0.3, 0.4) is 0 Å². The summed E-state index contributed by atoms with van der Waals surface area (Å²) >= 11 is 12.0. The molecule has 1 aliphatic heterocycles. The van der Waals surface area contributed by atoms with E-state index in [2.05, 4.69) is 51.4 Å². The number of likely N-dealkylation sites (tertiary alicyclic amines) is 1.